The number of hydrogen-bond acceptors (Lipinski definition) is 5. The zero-order valence-electron chi connectivity index (χ0n) is 11.3. The highest BCUT2D eigenvalue weighted by Crippen LogP contribution is 2.22. The molecule has 0 unspecified atom stereocenters. The first-order chi connectivity index (χ1) is 8.60. The first kappa shape index (κ1) is 14.3. The Morgan fingerprint density at radius 2 is 2.22 bits per heavy atom. The summed E-state index contributed by atoms with van der Waals surface area (Å²) in [5, 5.41) is 7.50. The van der Waals surface area contributed by atoms with Crippen molar-refractivity contribution in [3.8, 4) is 0 Å². The molecule has 0 bridgehead atoms. The number of aryl methyl sites for hydroxylation is 2. The van der Waals surface area contributed by atoms with E-state index in [1.54, 1.807) is 6.92 Å². The second-order valence-electron chi connectivity index (χ2n) is 4.05. The van der Waals surface area contributed by atoms with Crippen LogP contribution in [0.25, 0.3) is 0 Å². The third kappa shape index (κ3) is 3.65. The molecule has 0 aliphatic carbocycles. The zero-order chi connectivity index (χ0) is 13.5. The number of anilines is 2. The molecule has 0 saturated carbocycles. The highest BCUT2D eigenvalue weighted by molar-refractivity contribution is 5.71. The number of rotatable bonds is 7. The molecule has 0 aromatic carbocycles. The van der Waals surface area contributed by atoms with Gasteiger partial charge in [-0.2, -0.15) is 5.10 Å². The van der Waals surface area contributed by atoms with Crippen LogP contribution >= 0.6 is 0 Å². The van der Waals surface area contributed by atoms with Crippen molar-refractivity contribution in [3.63, 3.8) is 0 Å². The molecule has 6 nitrogen and oxygen atoms in total. The van der Waals surface area contributed by atoms with Gasteiger partial charge in [0.05, 0.1) is 24.4 Å². The molecule has 0 amide bonds. The topological polar surface area (TPSA) is 82.2 Å². The monoisotopic (exact) mass is 254 g/mol. The predicted molar refractivity (Wildman–Crippen MR) is 71.4 cm³/mol. The van der Waals surface area contributed by atoms with Gasteiger partial charge in [-0.3, -0.25) is 4.79 Å². The van der Waals surface area contributed by atoms with Crippen molar-refractivity contribution in [2.45, 2.75) is 40.2 Å². The smallest absolute Gasteiger partial charge is 0.307 e. The zero-order valence-corrected chi connectivity index (χ0v) is 11.3. The number of hydrogen-bond donors (Lipinski definition) is 2. The van der Waals surface area contributed by atoms with Crippen LogP contribution in [-0.2, 0) is 16.1 Å². The fraction of sp³-hybridized carbons (Fsp3) is 0.667. The van der Waals surface area contributed by atoms with E-state index in [-0.39, 0.29) is 5.97 Å². The van der Waals surface area contributed by atoms with E-state index in [0.29, 0.717) is 25.3 Å². The third-order valence-corrected chi connectivity index (χ3v) is 2.54. The van der Waals surface area contributed by atoms with Gasteiger partial charge < -0.3 is 15.8 Å². The van der Waals surface area contributed by atoms with Gasteiger partial charge in [-0.1, -0.05) is 6.92 Å². The summed E-state index contributed by atoms with van der Waals surface area (Å²) in [5.74, 6) is 0.584. The number of esters is 1. The fourth-order valence-electron chi connectivity index (χ4n) is 1.67. The van der Waals surface area contributed by atoms with Crippen LogP contribution in [0, 0.1) is 6.92 Å². The minimum atomic E-state index is -0.207. The molecule has 0 atom stereocenters. The predicted octanol–water partition coefficient (Wildman–Crippen LogP) is 1.55. The molecule has 102 valence electrons. The van der Waals surface area contributed by atoms with Gasteiger partial charge >= 0.3 is 5.97 Å². The Bertz CT molecular complexity index is 401. The van der Waals surface area contributed by atoms with E-state index < -0.39 is 0 Å². The Morgan fingerprint density at radius 1 is 1.50 bits per heavy atom. The summed E-state index contributed by atoms with van der Waals surface area (Å²) in [6.45, 7) is 7.46. The quantitative estimate of drug-likeness (QED) is 0.721. The standard InChI is InChI=1S/C12H22N4O2/c1-4-8-16-12(11(13)9(3)15-16)14-7-6-10(17)18-5-2/h14H,4-8,13H2,1-3H3. The van der Waals surface area contributed by atoms with E-state index in [4.69, 9.17) is 10.5 Å². The number of nitrogen functional groups attached to an aromatic ring is 1. The maximum atomic E-state index is 11.2. The van der Waals surface area contributed by atoms with Gasteiger partial charge in [0.1, 0.15) is 5.82 Å². The van der Waals surface area contributed by atoms with E-state index in [2.05, 4.69) is 17.3 Å². The number of nitrogens with one attached hydrogen (secondary N) is 1. The molecule has 1 rings (SSSR count). The van der Waals surface area contributed by atoms with Crippen LogP contribution < -0.4 is 11.1 Å². The van der Waals surface area contributed by atoms with Crippen molar-refractivity contribution in [2.75, 3.05) is 24.2 Å². The number of nitrogens with zero attached hydrogens (tertiary/aromatic N) is 2. The molecule has 18 heavy (non-hydrogen) atoms. The second-order valence-corrected chi connectivity index (χ2v) is 4.05. The molecule has 0 saturated heterocycles. The van der Waals surface area contributed by atoms with Gasteiger partial charge in [-0.05, 0) is 20.3 Å². The van der Waals surface area contributed by atoms with Gasteiger partial charge in [0.25, 0.3) is 0 Å². The summed E-state index contributed by atoms with van der Waals surface area (Å²) < 4.78 is 6.70. The molecule has 0 aliphatic heterocycles. The Morgan fingerprint density at radius 3 is 2.83 bits per heavy atom. The minimum Gasteiger partial charge on any atom is -0.466 e. The van der Waals surface area contributed by atoms with Crippen molar-refractivity contribution >= 4 is 17.5 Å². The maximum Gasteiger partial charge on any atom is 0.307 e. The van der Waals surface area contributed by atoms with Crippen molar-refractivity contribution in [1.82, 2.24) is 9.78 Å². The van der Waals surface area contributed by atoms with Crippen molar-refractivity contribution in [3.05, 3.63) is 5.69 Å². The largest absolute Gasteiger partial charge is 0.466 e. The number of ether oxygens (including phenoxy) is 1. The highest BCUT2D eigenvalue weighted by atomic mass is 16.5. The third-order valence-electron chi connectivity index (χ3n) is 2.54. The summed E-state index contributed by atoms with van der Waals surface area (Å²) in [4.78, 5) is 11.2. The van der Waals surface area contributed by atoms with E-state index in [1.807, 2.05) is 11.6 Å². The Balaban J connectivity index is 2.57. The minimum absolute atomic E-state index is 0.207. The van der Waals surface area contributed by atoms with E-state index in [0.717, 1.165) is 24.5 Å². The van der Waals surface area contributed by atoms with Gasteiger partial charge in [-0.15, -0.1) is 0 Å². The van der Waals surface area contributed by atoms with Crippen LogP contribution in [0.15, 0.2) is 0 Å². The molecule has 0 radical (unpaired) electrons. The molecule has 0 aliphatic rings. The highest BCUT2D eigenvalue weighted by Gasteiger charge is 2.12. The molecule has 3 N–H and O–H groups in total. The van der Waals surface area contributed by atoms with Gasteiger partial charge in [-0.25, -0.2) is 4.68 Å². The fourth-order valence-corrected chi connectivity index (χ4v) is 1.67. The first-order valence-corrected chi connectivity index (χ1v) is 6.32. The van der Waals surface area contributed by atoms with Crippen LogP contribution in [0.1, 0.15) is 32.4 Å². The molecule has 1 aromatic rings. The number of carbonyl (C=O) groups excluding carboxylic acids is 1. The second kappa shape index (κ2) is 6.88. The van der Waals surface area contributed by atoms with Gasteiger partial charge in [0, 0.05) is 13.1 Å². The number of aromatic nitrogens is 2. The summed E-state index contributed by atoms with van der Waals surface area (Å²) in [5.41, 5.74) is 7.40. The lowest BCUT2D eigenvalue weighted by Crippen LogP contribution is -2.14. The lowest BCUT2D eigenvalue weighted by Gasteiger charge is -2.09. The Hall–Kier alpha value is -1.72. The summed E-state index contributed by atoms with van der Waals surface area (Å²) >= 11 is 0. The van der Waals surface area contributed by atoms with E-state index >= 15 is 0 Å². The van der Waals surface area contributed by atoms with Crippen molar-refractivity contribution < 1.29 is 9.53 Å². The van der Waals surface area contributed by atoms with E-state index in [1.165, 1.54) is 0 Å². The van der Waals surface area contributed by atoms with Gasteiger partial charge in [0.2, 0.25) is 0 Å². The van der Waals surface area contributed by atoms with E-state index in [9.17, 15) is 4.79 Å². The Labute approximate surface area is 107 Å². The first-order valence-electron chi connectivity index (χ1n) is 6.32. The average molecular weight is 254 g/mol. The maximum absolute atomic E-state index is 11.2. The lowest BCUT2D eigenvalue weighted by atomic mass is 10.3. The lowest BCUT2D eigenvalue weighted by molar-refractivity contribution is -0.142. The normalized spacial score (nSPS) is 10.4. The molecule has 6 heteroatoms. The summed E-state index contributed by atoms with van der Waals surface area (Å²) in [6.07, 6.45) is 1.30. The van der Waals surface area contributed by atoms with Crippen LogP contribution in [0.2, 0.25) is 0 Å². The number of nitrogens with two attached hydrogens (primary N) is 1. The van der Waals surface area contributed by atoms with Crippen LogP contribution in [-0.4, -0.2) is 28.9 Å². The Kier molecular flexibility index (Phi) is 5.48. The molecule has 1 heterocycles. The summed E-state index contributed by atoms with van der Waals surface area (Å²) in [6, 6.07) is 0. The molecular weight excluding hydrogens is 232 g/mol. The number of carbonyl (C=O) groups is 1. The van der Waals surface area contributed by atoms with Crippen molar-refractivity contribution in [2.24, 2.45) is 0 Å². The summed E-state index contributed by atoms with van der Waals surface area (Å²) in [7, 11) is 0. The molecule has 0 spiro atoms. The SMILES string of the molecule is CCCn1nc(C)c(N)c1NCCC(=O)OCC. The van der Waals surface area contributed by atoms with Crippen molar-refractivity contribution in [1.29, 1.82) is 0 Å². The molecule has 0 fully saturated rings. The van der Waals surface area contributed by atoms with Gasteiger partial charge in [0.15, 0.2) is 0 Å². The van der Waals surface area contributed by atoms with Crippen LogP contribution in [0.4, 0.5) is 11.5 Å². The van der Waals surface area contributed by atoms with Crippen LogP contribution in [0.5, 0.6) is 0 Å². The molecule has 1 aromatic heterocycles. The molecular formula is C12H22N4O2. The van der Waals surface area contributed by atoms with Crippen LogP contribution in [0.3, 0.4) is 0 Å². The average Bonchev–Trinajstić information content (AvgIpc) is 2.58.